The molecule has 2 nitrogen and oxygen atoms in total. The van der Waals surface area contributed by atoms with Gasteiger partial charge in [0.25, 0.3) is 0 Å². The summed E-state index contributed by atoms with van der Waals surface area (Å²) in [7, 11) is 1.72. The number of allylic oxidation sites excluding steroid dienone is 4. The summed E-state index contributed by atoms with van der Waals surface area (Å²) >= 11 is 0. The van der Waals surface area contributed by atoms with Gasteiger partial charge in [-0.2, -0.15) is 0 Å². The molecule has 156 valence electrons. The Kier molecular flexibility index (Phi) is 5.56. The van der Waals surface area contributed by atoms with E-state index in [1.165, 1.54) is 33.4 Å². The normalized spacial score (nSPS) is 14.4. The number of fused-ring (bicyclic) bond motifs is 3. The smallest absolute Gasteiger partial charge is 0.122 e. The first kappa shape index (κ1) is 20.7. The van der Waals surface area contributed by atoms with Crippen molar-refractivity contribution >= 4 is 0 Å². The third-order valence-corrected chi connectivity index (χ3v) is 6.25. The molecule has 1 aliphatic carbocycles. The minimum absolute atomic E-state index is 0.0399. The molecule has 0 atom stereocenters. The highest BCUT2D eigenvalue weighted by Crippen LogP contribution is 2.56. The Bertz CT molecular complexity index is 1150. The zero-order chi connectivity index (χ0) is 22.0. The van der Waals surface area contributed by atoms with Crippen LogP contribution in [-0.2, 0) is 11.8 Å². The van der Waals surface area contributed by atoms with E-state index < -0.39 is 5.41 Å². The van der Waals surface area contributed by atoms with Crippen molar-refractivity contribution in [3.05, 3.63) is 125 Å². The Hall–Kier alpha value is -3.52. The van der Waals surface area contributed by atoms with Gasteiger partial charge in [0.1, 0.15) is 11.5 Å². The fraction of sp³-hybridized carbons (Fsp3) is 0.172. The SMILES string of the molecule is C=C(O)/C=C\C(=C/C)C1(c2ccc(OC)c(CC)c2)c2ccccc2-c2ccccc21. The molecule has 0 saturated carbocycles. The van der Waals surface area contributed by atoms with Gasteiger partial charge >= 0.3 is 0 Å². The molecule has 2 heteroatoms. The minimum atomic E-state index is -0.496. The van der Waals surface area contributed by atoms with Crippen molar-refractivity contribution in [3.63, 3.8) is 0 Å². The number of methoxy groups -OCH3 is 1. The van der Waals surface area contributed by atoms with Crippen LogP contribution in [-0.4, -0.2) is 12.2 Å². The number of ether oxygens (including phenoxy) is 1. The molecule has 0 amide bonds. The van der Waals surface area contributed by atoms with Crippen molar-refractivity contribution in [2.75, 3.05) is 7.11 Å². The average molecular weight is 409 g/mol. The molecule has 0 radical (unpaired) electrons. The first-order chi connectivity index (χ1) is 15.1. The van der Waals surface area contributed by atoms with Crippen LogP contribution in [0.3, 0.4) is 0 Å². The largest absolute Gasteiger partial charge is 0.509 e. The zero-order valence-electron chi connectivity index (χ0n) is 18.4. The highest BCUT2D eigenvalue weighted by molar-refractivity contribution is 5.86. The number of aliphatic hydroxyl groups is 1. The second-order valence-corrected chi connectivity index (χ2v) is 7.79. The molecule has 0 aliphatic heterocycles. The van der Waals surface area contributed by atoms with Gasteiger partial charge in [0.2, 0.25) is 0 Å². The zero-order valence-corrected chi connectivity index (χ0v) is 18.4. The summed E-state index contributed by atoms with van der Waals surface area (Å²) in [5, 5.41) is 9.81. The van der Waals surface area contributed by atoms with Crippen LogP contribution in [0.15, 0.2) is 103 Å². The fourth-order valence-electron chi connectivity index (χ4n) is 4.94. The number of aliphatic hydroxyl groups excluding tert-OH is 1. The maximum absolute atomic E-state index is 9.81. The highest BCUT2D eigenvalue weighted by Gasteiger charge is 2.46. The lowest BCUT2D eigenvalue weighted by Gasteiger charge is -2.35. The quantitative estimate of drug-likeness (QED) is 0.347. The van der Waals surface area contributed by atoms with Crippen molar-refractivity contribution in [1.29, 1.82) is 0 Å². The van der Waals surface area contributed by atoms with Gasteiger partial charge in [0.15, 0.2) is 0 Å². The Morgan fingerprint density at radius 3 is 2.10 bits per heavy atom. The standard InChI is InChI=1S/C29H28O2/c1-5-21-19-23(17-18-28(21)31-4)29(22(6-2)16-15-20(3)30)26-13-9-7-11-24(26)25-12-8-10-14-27(25)29/h6-19,30H,3,5H2,1-2,4H3/b16-15-,22-6+. The molecule has 0 bridgehead atoms. The lowest BCUT2D eigenvalue weighted by molar-refractivity contribution is 0.410. The van der Waals surface area contributed by atoms with E-state index in [9.17, 15) is 5.11 Å². The molecule has 0 spiro atoms. The van der Waals surface area contributed by atoms with Crippen molar-refractivity contribution in [2.24, 2.45) is 0 Å². The van der Waals surface area contributed by atoms with E-state index in [-0.39, 0.29) is 5.76 Å². The lowest BCUT2D eigenvalue weighted by atomic mass is 9.66. The average Bonchev–Trinajstić information content (AvgIpc) is 3.10. The van der Waals surface area contributed by atoms with Crippen molar-refractivity contribution in [2.45, 2.75) is 25.7 Å². The number of aryl methyl sites for hydroxylation is 1. The van der Waals surface area contributed by atoms with Crippen LogP contribution < -0.4 is 4.74 Å². The van der Waals surface area contributed by atoms with Crippen LogP contribution >= 0.6 is 0 Å². The van der Waals surface area contributed by atoms with Gasteiger partial charge in [-0.3, -0.25) is 0 Å². The fourth-order valence-corrected chi connectivity index (χ4v) is 4.94. The van der Waals surface area contributed by atoms with E-state index in [1.54, 1.807) is 13.2 Å². The topological polar surface area (TPSA) is 29.5 Å². The molecule has 0 fully saturated rings. The molecule has 4 rings (SSSR count). The molecule has 0 unspecified atom stereocenters. The first-order valence-corrected chi connectivity index (χ1v) is 10.7. The summed E-state index contributed by atoms with van der Waals surface area (Å²) in [6.07, 6.45) is 6.67. The Labute approximate surface area is 184 Å². The maximum Gasteiger partial charge on any atom is 0.122 e. The van der Waals surface area contributed by atoms with Gasteiger partial charge < -0.3 is 9.84 Å². The van der Waals surface area contributed by atoms with Gasteiger partial charge in [-0.1, -0.05) is 86.3 Å². The van der Waals surface area contributed by atoms with E-state index in [1.807, 2.05) is 6.08 Å². The van der Waals surface area contributed by atoms with E-state index in [2.05, 4.69) is 93.2 Å². The number of hydrogen-bond acceptors (Lipinski definition) is 2. The number of hydrogen-bond donors (Lipinski definition) is 1. The Balaban J connectivity index is 2.13. The summed E-state index contributed by atoms with van der Waals surface area (Å²) in [4.78, 5) is 0. The molecule has 31 heavy (non-hydrogen) atoms. The van der Waals surface area contributed by atoms with E-state index >= 15 is 0 Å². The molecule has 0 aromatic heterocycles. The van der Waals surface area contributed by atoms with Crippen LogP contribution in [0, 0.1) is 0 Å². The minimum Gasteiger partial charge on any atom is -0.509 e. The monoisotopic (exact) mass is 408 g/mol. The third kappa shape index (κ3) is 3.19. The van der Waals surface area contributed by atoms with Gasteiger partial charge in [-0.25, -0.2) is 0 Å². The Morgan fingerprint density at radius 2 is 1.58 bits per heavy atom. The van der Waals surface area contributed by atoms with E-state index in [4.69, 9.17) is 4.74 Å². The maximum atomic E-state index is 9.81. The summed E-state index contributed by atoms with van der Waals surface area (Å²) in [6, 6.07) is 23.7. The molecule has 1 N–H and O–H groups in total. The molecule has 1 aliphatic rings. The van der Waals surface area contributed by atoms with Crippen molar-refractivity contribution < 1.29 is 9.84 Å². The van der Waals surface area contributed by atoms with Crippen LogP contribution in [0.5, 0.6) is 5.75 Å². The molecular weight excluding hydrogens is 380 g/mol. The Morgan fingerprint density at radius 1 is 0.968 bits per heavy atom. The predicted molar refractivity (Wildman–Crippen MR) is 129 cm³/mol. The second kappa shape index (κ2) is 8.31. The molecule has 3 aromatic rings. The number of rotatable bonds is 6. The van der Waals surface area contributed by atoms with Crippen LogP contribution in [0.25, 0.3) is 11.1 Å². The summed E-state index contributed by atoms with van der Waals surface area (Å²) in [6.45, 7) is 7.85. The van der Waals surface area contributed by atoms with Crippen molar-refractivity contribution in [1.82, 2.24) is 0 Å². The van der Waals surface area contributed by atoms with Crippen LogP contribution in [0.1, 0.15) is 36.1 Å². The molecular formula is C29H28O2. The van der Waals surface area contributed by atoms with Gasteiger partial charge in [-0.05, 0) is 64.4 Å². The summed E-state index contributed by atoms with van der Waals surface area (Å²) < 4.78 is 5.62. The molecule has 0 heterocycles. The van der Waals surface area contributed by atoms with Crippen LogP contribution in [0.4, 0.5) is 0 Å². The van der Waals surface area contributed by atoms with Crippen molar-refractivity contribution in [3.8, 4) is 16.9 Å². The predicted octanol–water partition coefficient (Wildman–Crippen LogP) is 7.15. The number of benzene rings is 3. The highest BCUT2D eigenvalue weighted by atomic mass is 16.5. The van der Waals surface area contributed by atoms with E-state index in [0.717, 1.165) is 17.7 Å². The van der Waals surface area contributed by atoms with Gasteiger partial charge in [-0.15, -0.1) is 0 Å². The molecule has 3 aromatic carbocycles. The van der Waals surface area contributed by atoms with Gasteiger partial charge in [0, 0.05) is 0 Å². The van der Waals surface area contributed by atoms with Gasteiger partial charge in [0.05, 0.1) is 12.5 Å². The first-order valence-electron chi connectivity index (χ1n) is 10.7. The summed E-state index contributed by atoms with van der Waals surface area (Å²) in [5.41, 5.74) is 7.91. The molecule has 0 saturated heterocycles. The van der Waals surface area contributed by atoms with Crippen LogP contribution in [0.2, 0.25) is 0 Å². The lowest BCUT2D eigenvalue weighted by Crippen LogP contribution is -2.29. The second-order valence-electron chi connectivity index (χ2n) is 7.79. The summed E-state index contributed by atoms with van der Waals surface area (Å²) in [5.74, 6) is 0.945. The third-order valence-electron chi connectivity index (χ3n) is 6.25. The van der Waals surface area contributed by atoms with E-state index in [0.29, 0.717) is 0 Å².